The van der Waals surface area contributed by atoms with Gasteiger partial charge in [0.25, 0.3) is 0 Å². The van der Waals surface area contributed by atoms with E-state index in [1.807, 2.05) is 61.0 Å². The number of benzene rings is 2. The van der Waals surface area contributed by atoms with Crippen molar-refractivity contribution >= 4 is 33.0 Å². The van der Waals surface area contributed by atoms with Crippen molar-refractivity contribution in [3.63, 3.8) is 0 Å². The van der Waals surface area contributed by atoms with Crippen molar-refractivity contribution in [3.05, 3.63) is 59.8 Å². The van der Waals surface area contributed by atoms with Gasteiger partial charge >= 0.3 is 0 Å². The molecule has 1 saturated heterocycles. The molecule has 1 fully saturated rings. The van der Waals surface area contributed by atoms with Crippen molar-refractivity contribution in [2.75, 3.05) is 30.4 Å². The molecular weight excluding hydrogens is 434 g/mol. The van der Waals surface area contributed by atoms with Crippen LogP contribution in [0.25, 0.3) is 16.2 Å². The van der Waals surface area contributed by atoms with Crippen molar-refractivity contribution in [3.8, 4) is 17.0 Å². The summed E-state index contributed by atoms with van der Waals surface area (Å²) in [7, 11) is 1.66. The first-order valence-electron chi connectivity index (χ1n) is 11.1. The molecule has 7 nitrogen and oxygen atoms in total. The van der Waals surface area contributed by atoms with Crippen LogP contribution >= 0.6 is 11.3 Å². The summed E-state index contributed by atoms with van der Waals surface area (Å²) in [6.45, 7) is 5.62. The number of hydrogen-bond donors (Lipinski definition) is 1. The van der Waals surface area contributed by atoms with Gasteiger partial charge in [0.05, 0.1) is 24.9 Å². The molecule has 0 spiro atoms. The molecule has 170 valence electrons. The first-order valence-corrected chi connectivity index (χ1v) is 12.0. The van der Waals surface area contributed by atoms with E-state index in [1.165, 1.54) is 0 Å². The summed E-state index contributed by atoms with van der Waals surface area (Å²) >= 11 is 1.56. The third-order valence-electron chi connectivity index (χ3n) is 6.13. The maximum atomic E-state index is 13.0. The molecule has 0 aliphatic carbocycles. The van der Waals surface area contributed by atoms with Gasteiger partial charge in [-0.15, -0.1) is 5.10 Å². The molecule has 0 bridgehead atoms. The Hall–Kier alpha value is -3.39. The molecule has 1 atom stereocenters. The fraction of sp³-hybridized carbons (Fsp3) is 0.320. The molecule has 0 radical (unpaired) electrons. The van der Waals surface area contributed by atoms with Crippen LogP contribution in [0.15, 0.2) is 48.7 Å². The summed E-state index contributed by atoms with van der Waals surface area (Å²) in [5, 5.41) is 8.81. The molecule has 5 rings (SSSR count). The highest BCUT2D eigenvalue weighted by atomic mass is 32.1. The summed E-state index contributed by atoms with van der Waals surface area (Å²) in [5.74, 6) is 0.836. The van der Waals surface area contributed by atoms with Crippen molar-refractivity contribution in [1.29, 1.82) is 0 Å². The number of piperidine rings is 1. The lowest BCUT2D eigenvalue weighted by molar-refractivity contribution is -0.120. The lowest BCUT2D eigenvalue weighted by Gasteiger charge is -2.31. The lowest BCUT2D eigenvalue weighted by Crippen LogP contribution is -2.40. The second-order valence-corrected chi connectivity index (χ2v) is 9.49. The van der Waals surface area contributed by atoms with Crippen LogP contribution in [-0.2, 0) is 4.79 Å². The van der Waals surface area contributed by atoms with Gasteiger partial charge in [0.2, 0.25) is 16.0 Å². The highest BCUT2D eigenvalue weighted by Crippen LogP contribution is 2.31. The number of imidazole rings is 1. The predicted octanol–water partition coefficient (Wildman–Crippen LogP) is 4.94. The highest BCUT2D eigenvalue weighted by molar-refractivity contribution is 7.20. The standard InChI is InChI=1S/C25H27N5O2S/c1-16-6-7-17(2)21(13-16)26-23(31)19-5-4-12-29(14-19)25-28-30-15-22(27-24(30)33-25)18-8-10-20(32-3)11-9-18/h6-11,13,15,19H,4-5,12,14H2,1-3H3,(H,26,31)/t19-/m0/s1. The number of hydrogen-bond acceptors (Lipinski definition) is 6. The van der Waals surface area contributed by atoms with Gasteiger partial charge in [0.15, 0.2) is 0 Å². The SMILES string of the molecule is COc1ccc(-c2cn3nc(N4CCC[C@H](C(=O)Nc5cc(C)ccc5C)C4)sc3n2)cc1. The van der Waals surface area contributed by atoms with Crippen LogP contribution in [0.3, 0.4) is 0 Å². The molecule has 4 aromatic rings. The van der Waals surface area contributed by atoms with Gasteiger partial charge in [0.1, 0.15) is 5.75 Å². The van der Waals surface area contributed by atoms with E-state index >= 15 is 0 Å². The minimum absolute atomic E-state index is 0.0651. The van der Waals surface area contributed by atoms with Crippen LogP contribution < -0.4 is 15.0 Å². The summed E-state index contributed by atoms with van der Waals surface area (Å²) in [6.07, 6.45) is 3.80. The Morgan fingerprint density at radius 3 is 2.76 bits per heavy atom. The number of anilines is 2. The number of fused-ring (bicyclic) bond motifs is 1. The van der Waals surface area contributed by atoms with Gasteiger partial charge in [0, 0.05) is 24.3 Å². The first-order chi connectivity index (χ1) is 16.0. The van der Waals surface area contributed by atoms with E-state index in [-0.39, 0.29) is 11.8 Å². The third-order valence-corrected chi connectivity index (χ3v) is 7.12. The average molecular weight is 462 g/mol. The summed E-state index contributed by atoms with van der Waals surface area (Å²) in [4.78, 5) is 20.8. The van der Waals surface area contributed by atoms with E-state index in [1.54, 1.807) is 18.4 Å². The van der Waals surface area contributed by atoms with Crippen LogP contribution in [0, 0.1) is 19.8 Å². The van der Waals surface area contributed by atoms with Crippen LogP contribution in [-0.4, -0.2) is 40.7 Å². The van der Waals surface area contributed by atoms with Crippen molar-refractivity contribution in [2.45, 2.75) is 26.7 Å². The Balaban J connectivity index is 1.29. The summed E-state index contributed by atoms with van der Waals surface area (Å²) < 4.78 is 7.06. The Labute approximate surface area is 197 Å². The van der Waals surface area contributed by atoms with Gasteiger partial charge in [-0.25, -0.2) is 9.50 Å². The Morgan fingerprint density at radius 2 is 2.00 bits per heavy atom. The zero-order chi connectivity index (χ0) is 22.9. The van der Waals surface area contributed by atoms with Crippen LogP contribution in [0.5, 0.6) is 5.75 Å². The fourth-order valence-corrected chi connectivity index (χ4v) is 5.11. The number of methoxy groups -OCH3 is 1. The molecule has 1 aliphatic rings. The van der Waals surface area contributed by atoms with E-state index in [2.05, 4.69) is 16.3 Å². The second-order valence-electron chi connectivity index (χ2n) is 8.56. The van der Waals surface area contributed by atoms with E-state index in [4.69, 9.17) is 14.8 Å². The third kappa shape index (κ3) is 4.43. The smallest absolute Gasteiger partial charge is 0.229 e. The van der Waals surface area contributed by atoms with Crippen molar-refractivity contribution < 1.29 is 9.53 Å². The fourth-order valence-electron chi connectivity index (χ4n) is 4.19. The number of aromatic nitrogens is 3. The van der Waals surface area contributed by atoms with Crippen LogP contribution in [0.2, 0.25) is 0 Å². The van der Waals surface area contributed by atoms with E-state index in [0.29, 0.717) is 6.54 Å². The first kappa shape index (κ1) is 21.5. The Bertz CT molecular complexity index is 1260. The number of carbonyl (C=O) groups is 1. The molecule has 33 heavy (non-hydrogen) atoms. The maximum Gasteiger partial charge on any atom is 0.229 e. The topological polar surface area (TPSA) is 71.8 Å². The van der Waals surface area contributed by atoms with E-state index in [9.17, 15) is 4.79 Å². The number of carbonyl (C=O) groups excluding carboxylic acids is 1. The number of nitrogens with zero attached hydrogens (tertiary/aromatic N) is 4. The predicted molar refractivity (Wildman–Crippen MR) is 132 cm³/mol. The maximum absolute atomic E-state index is 13.0. The number of aryl methyl sites for hydroxylation is 2. The normalized spacial score (nSPS) is 16.2. The zero-order valence-corrected chi connectivity index (χ0v) is 19.9. The van der Waals surface area contributed by atoms with Gasteiger partial charge in [-0.3, -0.25) is 4.79 Å². The average Bonchev–Trinajstić information content (AvgIpc) is 3.41. The van der Waals surface area contributed by atoms with E-state index < -0.39 is 0 Å². The largest absolute Gasteiger partial charge is 0.497 e. The van der Waals surface area contributed by atoms with Crippen molar-refractivity contribution in [2.24, 2.45) is 5.92 Å². The minimum Gasteiger partial charge on any atom is -0.497 e. The van der Waals surface area contributed by atoms with Gasteiger partial charge in [-0.2, -0.15) is 0 Å². The quantitative estimate of drug-likeness (QED) is 0.456. The summed E-state index contributed by atoms with van der Waals surface area (Å²) in [5.41, 5.74) is 5.02. The Kier molecular flexibility index (Phi) is 5.76. The molecule has 1 aliphatic heterocycles. The molecular formula is C25H27N5O2S. The molecule has 2 aromatic heterocycles. The molecule has 2 aromatic carbocycles. The summed E-state index contributed by atoms with van der Waals surface area (Å²) in [6, 6.07) is 14.0. The van der Waals surface area contributed by atoms with Gasteiger partial charge in [-0.05, 0) is 68.1 Å². The van der Waals surface area contributed by atoms with Gasteiger partial charge < -0.3 is 15.0 Å². The lowest BCUT2D eigenvalue weighted by atomic mass is 9.97. The molecule has 0 unspecified atom stereocenters. The number of amides is 1. The highest BCUT2D eigenvalue weighted by Gasteiger charge is 2.28. The van der Waals surface area contributed by atoms with Crippen molar-refractivity contribution in [1.82, 2.24) is 14.6 Å². The Morgan fingerprint density at radius 1 is 1.18 bits per heavy atom. The number of ether oxygens (including phenoxy) is 1. The van der Waals surface area contributed by atoms with Crippen LogP contribution in [0.4, 0.5) is 10.8 Å². The molecule has 1 N–H and O–H groups in total. The minimum atomic E-state index is -0.0651. The molecule has 8 heteroatoms. The molecule has 0 saturated carbocycles. The number of nitrogens with one attached hydrogen (secondary N) is 1. The second kappa shape index (κ2) is 8.86. The molecule has 3 heterocycles. The monoisotopic (exact) mass is 461 g/mol. The van der Waals surface area contributed by atoms with Crippen LogP contribution in [0.1, 0.15) is 24.0 Å². The number of rotatable bonds is 5. The zero-order valence-electron chi connectivity index (χ0n) is 19.0. The van der Waals surface area contributed by atoms with Gasteiger partial charge in [-0.1, -0.05) is 23.5 Å². The van der Waals surface area contributed by atoms with E-state index in [0.717, 1.165) is 63.3 Å². The molecule has 1 amide bonds.